The van der Waals surface area contributed by atoms with Crippen molar-refractivity contribution >= 4 is 5.70 Å². The summed E-state index contributed by atoms with van der Waals surface area (Å²) in [5.74, 6) is 0. The Hall–Kier alpha value is -1.79. The van der Waals surface area contributed by atoms with Crippen molar-refractivity contribution in [3.8, 4) is 6.07 Å². The first kappa shape index (κ1) is 11.7. The van der Waals surface area contributed by atoms with Gasteiger partial charge in [-0.3, -0.25) is 0 Å². The second-order valence-electron chi connectivity index (χ2n) is 4.50. The SMILES string of the molecule is CC1(O)CCCN1/C(=C\C#N)c1ccccc1. The Labute approximate surface area is 102 Å². The average molecular weight is 228 g/mol. The first-order valence-electron chi connectivity index (χ1n) is 5.80. The van der Waals surface area contributed by atoms with Crippen LogP contribution in [-0.4, -0.2) is 22.3 Å². The first-order chi connectivity index (χ1) is 8.15. The van der Waals surface area contributed by atoms with Crippen molar-refractivity contribution in [2.45, 2.75) is 25.5 Å². The van der Waals surface area contributed by atoms with Crippen LogP contribution in [-0.2, 0) is 0 Å². The lowest BCUT2D eigenvalue weighted by Crippen LogP contribution is -2.39. The number of rotatable bonds is 2. The van der Waals surface area contributed by atoms with Crippen LogP contribution in [0.4, 0.5) is 0 Å². The van der Waals surface area contributed by atoms with Crippen molar-refractivity contribution in [2.24, 2.45) is 0 Å². The Balaban J connectivity index is 2.39. The summed E-state index contributed by atoms with van der Waals surface area (Å²) in [7, 11) is 0. The van der Waals surface area contributed by atoms with Gasteiger partial charge in [-0.25, -0.2) is 0 Å². The van der Waals surface area contributed by atoms with Crippen molar-refractivity contribution in [1.82, 2.24) is 4.90 Å². The molecule has 0 bridgehead atoms. The second-order valence-corrected chi connectivity index (χ2v) is 4.50. The molecule has 1 fully saturated rings. The van der Waals surface area contributed by atoms with Crippen LogP contribution in [0.5, 0.6) is 0 Å². The van der Waals surface area contributed by atoms with E-state index < -0.39 is 5.72 Å². The number of aliphatic hydroxyl groups is 1. The van der Waals surface area contributed by atoms with Gasteiger partial charge in [0.15, 0.2) is 0 Å². The number of hydrogen-bond acceptors (Lipinski definition) is 3. The zero-order valence-corrected chi connectivity index (χ0v) is 9.93. The van der Waals surface area contributed by atoms with E-state index >= 15 is 0 Å². The van der Waals surface area contributed by atoms with E-state index in [1.54, 1.807) is 6.92 Å². The van der Waals surface area contributed by atoms with Crippen LogP contribution in [0.1, 0.15) is 25.3 Å². The van der Waals surface area contributed by atoms with Gasteiger partial charge in [0, 0.05) is 12.6 Å². The van der Waals surface area contributed by atoms with Crippen molar-refractivity contribution < 1.29 is 5.11 Å². The summed E-state index contributed by atoms with van der Waals surface area (Å²) in [4.78, 5) is 1.91. The van der Waals surface area contributed by atoms with Crippen LogP contribution in [0, 0.1) is 11.3 Å². The lowest BCUT2D eigenvalue weighted by atomic mass is 10.1. The molecule has 3 nitrogen and oxygen atoms in total. The summed E-state index contributed by atoms with van der Waals surface area (Å²) in [5, 5.41) is 19.2. The highest BCUT2D eigenvalue weighted by Crippen LogP contribution is 2.34. The molecule has 17 heavy (non-hydrogen) atoms. The van der Waals surface area contributed by atoms with Crippen LogP contribution in [0.2, 0.25) is 0 Å². The maximum Gasteiger partial charge on any atom is 0.135 e. The summed E-state index contributed by atoms with van der Waals surface area (Å²) in [6, 6.07) is 11.8. The standard InChI is InChI=1S/C14H16N2O/c1-14(17)9-5-11-16(14)13(8-10-15)12-6-3-2-4-7-12/h2-4,6-8,17H,5,9,11H2,1H3/b13-8-. The predicted octanol–water partition coefficient (Wildman–Crippen LogP) is 2.36. The molecular weight excluding hydrogens is 212 g/mol. The minimum absolute atomic E-state index is 0.739. The lowest BCUT2D eigenvalue weighted by Gasteiger charge is -2.33. The molecule has 1 saturated heterocycles. The molecule has 1 atom stereocenters. The molecule has 1 aliphatic heterocycles. The van der Waals surface area contributed by atoms with Gasteiger partial charge < -0.3 is 10.0 Å². The van der Waals surface area contributed by atoms with Crippen LogP contribution < -0.4 is 0 Å². The van der Waals surface area contributed by atoms with E-state index in [4.69, 9.17) is 5.26 Å². The fourth-order valence-corrected chi connectivity index (χ4v) is 2.31. The topological polar surface area (TPSA) is 47.3 Å². The van der Waals surface area contributed by atoms with Crippen molar-refractivity contribution in [1.29, 1.82) is 5.26 Å². The van der Waals surface area contributed by atoms with Crippen molar-refractivity contribution in [3.05, 3.63) is 42.0 Å². The van der Waals surface area contributed by atoms with Gasteiger partial charge in [-0.1, -0.05) is 30.3 Å². The fourth-order valence-electron chi connectivity index (χ4n) is 2.31. The minimum Gasteiger partial charge on any atom is -0.371 e. The summed E-state index contributed by atoms with van der Waals surface area (Å²) in [5.41, 5.74) is 0.922. The number of likely N-dealkylation sites (tertiary alicyclic amines) is 1. The quantitative estimate of drug-likeness (QED) is 0.790. The Morgan fingerprint density at radius 2 is 2.18 bits per heavy atom. The smallest absolute Gasteiger partial charge is 0.135 e. The van der Waals surface area contributed by atoms with E-state index in [1.165, 1.54) is 6.08 Å². The molecular formula is C14H16N2O. The number of nitrogens with zero attached hydrogens (tertiary/aromatic N) is 2. The molecule has 0 radical (unpaired) electrons. The maximum absolute atomic E-state index is 10.3. The Morgan fingerprint density at radius 3 is 2.71 bits per heavy atom. The van der Waals surface area contributed by atoms with E-state index in [0.717, 1.165) is 30.6 Å². The van der Waals surface area contributed by atoms with Gasteiger partial charge in [-0.2, -0.15) is 5.26 Å². The minimum atomic E-state index is -0.849. The summed E-state index contributed by atoms with van der Waals surface area (Å²) >= 11 is 0. The highest BCUT2D eigenvalue weighted by molar-refractivity contribution is 5.66. The zero-order chi connectivity index (χ0) is 12.3. The second kappa shape index (κ2) is 4.60. The molecule has 0 saturated carbocycles. The monoisotopic (exact) mass is 228 g/mol. The molecule has 0 aromatic heterocycles. The molecule has 1 heterocycles. The number of nitriles is 1. The van der Waals surface area contributed by atoms with Crippen molar-refractivity contribution in [2.75, 3.05) is 6.54 Å². The zero-order valence-electron chi connectivity index (χ0n) is 9.93. The van der Waals surface area contributed by atoms with E-state index in [9.17, 15) is 5.11 Å². The Kier molecular flexibility index (Phi) is 3.16. The molecule has 1 unspecified atom stereocenters. The van der Waals surface area contributed by atoms with E-state index in [-0.39, 0.29) is 0 Å². The normalized spacial score (nSPS) is 24.8. The Bertz CT molecular complexity index is 457. The third-order valence-corrected chi connectivity index (χ3v) is 3.18. The fraction of sp³-hybridized carbons (Fsp3) is 0.357. The van der Waals surface area contributed by atoms with Gasteiger partial charge in [0.1, 0.15) is 5.72 Å². The number of benzene rings is 1. The number of hydrogen-bond donors (Lipinski definition) is 1. The highest BCUT2D eigenvalue weighted by Gasteiger charge is 2.35. The summed E-state index contributed by atoms with van der Waals surface area (Å²) in [6.45, 7) is 2.59. The molecule has 88 valence electrons. The molecule has 2 rings (SSSR count). The third kappa shape index (κ3) is 2.32. The van der Waals surface area contributed by atoms with Crippen LogP contribution >= 0.6 is 0 Å². The molecule has 0 amide bonds. The summed E-state index contributed by atoms with van der Waals surface area (Å²) in [6.07, 6.45) is 3.19. The van der Waals surface area contributed by atoms with E-state index in [1.807, 2.05) is 35.2 Å². The molecule has 1 aromatic rings. The molecule has 1 aliphatic rings. The van der Waals surface area contributed by atoms with Crippen molar-refractivity contribution in [3.63, 3.8) is 0 Å². The van der Waals surface area contributed by atoms with Gasteiger partial charge in [-0.15, -0.1) is 0 Å². The maximum atomic E-state index is 10.3. The predicted molar refractivity (Wildman–Crippen MR) is 66.6 cm³/mol. The highest BCUT2D eigenvalue weighted by atomic mass is 16.3. The summed E-state index contributed by atoms with van der Waals surface area (Å²) < 4.78 is 0. The van der Waals surface area contributed by atoms with E-state index in [2.05, 4.69) is 6.07 Å². The third-order valence-electron chi connectivity index (χ3n) is 3.18. The van der Waals surface area contributed by atoms with Gasteiger partial charge >= 0.3 is 0 Å². The molecule has 0 spiro atoms. The van der Waals surface area contributed by atoms with Crippen LogP contribution in [0.3, 0.4) is 0 Å². The van der Waals surface area contributed by atoms with Crippen LogP contribution in [0.25, 0.3) is 5.70 Å². The van der Waals surface area contributed by atoms with E-state index in [0.29, 0.717) is 0 Å². The molecule has 3 heteroatoms. The Morgan fingerprint density at radius 1 is 1.47 bits per heavy atom. The average Bonchev–Trinajstić information content (AvgIpc) is 2.67. The van der Waals surface area contributed by atoms with Gasteiger partial charge in [-0.05, 0) is 25.3 Å². The molecule has 1 aromatic carbocycles. The largest absolute Gasteiger partial charge is 0.371 e. The number of allylic oxidation sites excluding steroid dienone is 1. The first-order valence-corrected chi connectivity index (χ1v) is 5.80. The van der Waals surface area contributed by atoms with Gasteiger partial charge in [0.25, 0.3) is 0 Å². The molecule has 1 N–H and O–H groups in total. The molecule has 0 aliphatic carbocycles. The lowest BCUT2D eigenvalue weighted by molar-refractivity contribution is -0.0305. The van der Waals surface area contributed by atoms with Gasteiger partial charge in [0.05, 0.1) is 11.8 Å². The van der Waals surface area contributed by atoms with Gasteiger partial charge in [0.2, 0.25) is 0 Å². The van der Waals surface area contributed by atoms with Crippen LogP contribution in [0.15, 0.2) is 36.4 Å².